The fourth-order valence-corrected chi connectivity index (χ4v) is 11.3. The second-order valence-corrected chi connectivity index (χ2v) is 25.8. The van der Waals surface area contributed by atoms with E-state index in [1.165, 1.54) is 23.6 Å². The molecular formula is C76H100ClN8O10P. The number of fused-ring (bicyclic) bond motifs is 1. The standard InChI is InChI=1S/C17H19NO.C15H18ClNO.C12H18NO4P.C12H17NO2.2C10H14N2O/c1-13(19)17(18-2)16(14-9-5-3-6-10-14)15-11-7-4-8-12-15;1-10(18)15(2,17-3)9-12-5-4-11-8-13(16)6-7-14(11)12;1-9(14)12(13-2)7-10-3-5-11(6-4-10)8-18(15,16)17;1-9(14)12(13-2)8-5-10-3-6-11(15)7-4-10;1-8(13)10(11-2)7-9-3-5-12-6-4-9;1-8(13)10(11-2)6-9-4-3-5-12-7-9/h3-12,16-18H,1-2H3;5-8,17H,4,9H2,1-3H3;3-6,12-13H,7-8H2,1-2H3,(H2,15,16,17);3-4,6-7,12-13,15H,5,8H2,1-2H3;3-6,10-11H,7H2,1-2H3;3-5,7,10-11H,6H2,1-2H3/t17-;15-;2*12-;2*10-/m100000/s1. The van der Waals surface area contributed by atoms with Crippen LogP contribution in [0.4, 0.5) is 0 Å². The number of likely N-dealkylation sites (N-methyl/N-ethyl adjacent to an activating group) is 6. The van der Waals surface area contributed by atoms with Gasteiger partial charge in [-0.25, -0.2) is 0 Å². The molecule has 0 bridgehead atoms. The smallest absolute Gasteiger partial charge is 0.329 e. The summed E-state index contributed by atoms with van der Waals surface area (Å²) >= 11 is 5.99. The van der Waals surface area contributed by atoms with E-state index in [0.29, 0.717) is 24.8 Å². The Labute approximate surface area is 573 Å². The second kappa shape index (κ2) is 43.4. The first-order valence-electron chi connectivity index (χ1n) is 32.0. The summed E-state index contributed by atoms with van der Waals surface area (Å²) in [7, 11) is 6.77. The number of hydrogen-bond acceptors (Lipinski definition) is 16. The van der Waals surface area contributed by atoms with Gasteiger partial charge in [0.05, 0.1) is 41.9 Å². The molecule has 0 aliphatic heterocycles. The third kappa shape index (κ3) is 30.1. The van der Waals surface area contributed by atoms with Crippen LogP contribution in [0.3, 0.4) is 0 Å². The highest BCUT2D eigenvalue weighted by atomic mass is 35.5. The van der Waals surface area contributed by atoms with Crippen molar-refractivity contribution >= 4 is 59.5 Å². The summed E-state index contributed by atoms with van der Waals surface area (Å²) in [5.41, 5.74) is 10.4. The summed E-state index contributed by atoms with van der Waals surface area (Å²) < 4.78 is 10.8. The number of ketones is 6. The number of carbonyl (C=O) groups is 6. The predicted molar refractivity (Wildman–Crippen MR) is 386 cm³/mol. The van der Waals surface area contributed by atoms with Crippen LogP contribution in [0.15, 0.2) is 183 Å². The number of phenolic OH excluding ortho intramolecular Hbond substituents is 1. The maximum absolute atomic E-state index is 11.9. The lowest BCUT2D eigenvalue weighted by atomic mass is 9.83. The van der Waals surface area contributed by atoms with Crippen LogP contribution in [-0.2, 0) is 71.6 Å². The van der Waals surface area contributed by atoms with E-state index in [2.05, 4.69) is 72.2 Å². The Morgan fingerprint density at radius 3 is 1.42 bits per heavy atom. The van der Waals surface area contributed by atoms with E-state index in [4.69, 9.17) is 26.5 Å². The van der Waals surface area contributed by atoms with Crippen LogP contribution in [0.1, 0.15) is 117 Å². The molecule has 0 saturated heterocycles. The fourth-order valence-electron chi connectivity index (χ4n) is 10.5. The highest BCUT2D eigenvalue weighted by Crippen LogP contribution is 2.39. The number of nitrogens with zero attached hydrogens (tertiary/aromatic N) is 2. The molecule has 1 aliphatic carbocycles. The van der Waals surface area contributed by atoms with Crippen molar-refractivity contribution in [2.24, 2.45) is 0 Å². The van der Waals surface area contributed by atoms with E-state index < -0.39 is 13.1 Å². The third-order valence-electron chi connectivity index (χ3n) is 16.5. The maximum Gasteiger partial charge on any atom is 0.329 e. The Hall–Kier alpha value is -7.84. The van der Waals surface area contributed by atoms with Gasteiger partial charge in [-0.2, -0.15) is 0 Å². The SMILES string of the molecule is CN[C@@H](CCc1ccc(O)cc1)C(C)=O.CN[C@@H](Cc1ccc(CP(=O)(O)O)cc1)C(C)=O.CN[C@@H](Cc1cccnc1)C(C)=O.CN[C@@H](Cc1ccncc1)C(C)=O.CN[C@@](C)(CC1=CCc2cc(Cl)ccc21)C(C)=O.CN[C@H](C(C)=O)C(c1ccccc1)c1ccccc1. The first-order valence-corrected chi connectivity index (χ1v) is 34.1. The lowest BCUT2D eigenvalue weighted by Crippen LogP contribution is -2.46. The minimum Gasteiger partial charge on any atom is -0.508 e. The first kappa shape index (κ1) is 82.4. The van der Waals surface area contributed by atoms with Gasteiger partial charge in [-0.15, -0.1) is 0 Å². The van der Waals surface area contributed by atoms with E-state index >= 15 is 0 Å². The number of allylic oxidation sites excluding steroid dienone is 1. The van der Waals surface area contributed by atoms with Crippen molar-refractivity contribution in [3.63, 3.8) is 0 Å². The molecule has 516 valence electrons. The molecule has 0 radical (unpaired) electrons. The zero-order valence-electron chi connectivity index (χ0n) is 57.9. The number of carbonyl (C=O) groups excluding carboxylic acids is 6. The van der Waals surface area contributed by atoms with E-state index in [9.17, 15) is 33.3 Å². The number of hydrogen-bond donors (Lipinski definition) is 9. The number of halogens is 1. The number of Topliss-reactive ketones (excluding diaryl/α,β-unsaturated/α-hetero) is 6. The fraction of sp³-hybridized carbons (Fsp3) is 0.368. The van der Waals surface area contributed by atoms with Crippen LogP contribution in [-0.4, -0.2) is 138 Å². The molecule has 0 unspecified atom stereocenters. The molecule has 18 nitrogen and oxygen atoms in total. The molecule has 8 rings (SSSR count). The van der Waals surface area contributed by atoms with Crippen molar-refractivity contribution < 1.29 is 48.2 Å². The van der Waals surface area contributed by atoms with E-state index in [-0.39, 0.29) is 82.7 Å². The third-order valence-corrected chi connectivity index (χ3v) is 17.5. The molecular weight excluding hydrogens is 1250 g/mol. The maximum atomic E-state index is 11.9. The van der Waals surface area contributed by atoms with Crippen LogP contribution in [0.25, 0.3) is 5.57 Å². The van der Waals surface area contributed by atoms with Crippen molar-refractivity contribution in [3.8, 4) is 5.75 Å². The van der Waals surface area contributed by atoms with Gasteiger partial charge in [-0.1, -0.05) is 127 Å². The minimum absolute atomic E-state index is 0.0462. The lowest BCUT2D eigenvalue weighted by molar-refractivity contribution is -0.122. The number of aryl methyl sites for hydroxylation is 1. The van der Waals surface area contributed by atoms with E-state index in [1.54, 1.807) is 124 Å². The van der Waals surface area contributed by atoms with Gasteiger partial charge in [0.25, 0.3) is 0 Å². The Bertz CT molecular complexity index is 3470. The summed E-state index contributed by atoms with van der Waals surface area (Å²) in [5, 5.41) is 28.0. The first-order chi connectivity index (χ1) is 45.6. The van der Waals surface area contributed by atoms with Crippen LogP contribution < -0.4 is 31.9 Å². The average molecular weight is 1350 g/mol. The van der Waals surface area contributed by atoms with Crippen LogP contribution >= 0.6 is 19.2 Å². The molecule has 1 aliphatic rings. The van der Waals surface area contributed by atoms with Gasteiger partial charge < -0.3 is 46.8 Å². The molecule has 5 aromatic carbocycles. The molecule has 0 amide bonds. The highest BCUT2D eigenvalue weighted by Gasteiger charge is 2.31. The summed E-state index contributed by atoms with van der Waals surface area (Å²) in [6.45, 7) is 11.5. The number of aromatic hydroxyl groups is 1. The van der Waals surface area contributed by atoms with Crippen molar-refractivity contribution in [2.75, 3.05) is 42.3 Å². The largest absolute Gasteiger partial charge is 0.508 e. The quantitative estimate of drug-likeness (QED) is 0.0206. The molecule has 2 heterocycles. The van der Waals surface area contributed by atoms with Gasteiger partial charge in [0.1, 0.15) is 40.4 Å². The molecule has 0 fully saturated rings. The van der Waals surface area contributed by atoms with Crippen molar-refractivity contribution in [1.82, 2.24) is 41.9 Å². The van der Waals surface area contributed by atoms with Crippen molar-refractivity contribution in [3.05, 3.63) is 238 Å². The summed E-state index contributed by atoms with van der Waals surface area (Å²) in [4.78, 5) is 93.9. The number of aromatic nitrogens is 2. The van der Waals surface area contributed by atoms with Gasteiger partial charge in [0, 0.05) is 35.7 Å². The van der Waals surface area contributed by atoms with Crippen LogP contribution in [0, 0.1) is 0 Å². The Morgan fingerprint density at radius 1 is 0.531 bits per heavy atom. The molecule has 7 aromatic rings. The second-order valence-electron chi connectivity index (χ2n) is 23.7. The zero-order valence-corrected chi connectivity index (χ0v) is 59.5. The monoisotopic (exact) mass is 1350 g/mol. The predicted octanol–water partition coefficient (Wildman–Crippen LogP) is 10.4. The van der Waals surface area contributed by atoms with Gasteiger partial charge >= 0.3 is 7.60 Å². The van der Waals surface area contributed by atoms with Gasteiger partial charge in [0.15, 0.2) is 0 Å². The summed E-state index contributed by atoms with van der Waals surface area (Å²) in [6, 6.07) is 47.3. The summed E-state index contributed by atoms with van der Waals surface area (Å²) in [6.07, 6.45) is 14.2. The van der Waals surface area contributed by atoms with E-state index in [0.717, 1.165) is 64.1 Å². The molecule has 0 saturated carbocycles. The lowest BCUT2D eigenvalue weighted by Gasteiger charge is -2.27. The number of phenols is 1. The summed E-state index contributed by atoms with van der Waals surface area (Å²) in [5.74, 6) is 1.19. The normalized spacial score (nSPS) is 13.4. The molecule has 20 heteroatoms. The highest BCUT2D eigenvalue weighted by molar-refractivity contribution is 7.50. The molecule has 6 atom stereocenters. The number of pyridine rings is 2. The number of rotatable bonds is 28. The average Bonchev–Trinajstić information content (AvgIpc) is 1.55. The van der Waals surface area contributed by atoms with Gasteiger partial charge in [-0.05, 0) is 234 Å². The molecule has 96 heavy (non-hydrogen) atoms. The van der Waals surface area contributed by atoms with Crippen LogP contribution in [0.2, 0.25) is 5.02 Å². The minimum atomic E-state index is -4.02. The van der Waals surface area contributed by atoms with Gasteiger partial charge in [-0.3, -0.25) is 43.3 Å². The van der Waals surface area contributed by atoms with Crippen LogP contribution in [0.5, 0.6) is 5.75 Å². The number of benzene rings is 5. The molecule has 0 spiro atoms. The zero-order chi connectivity index (χ0) is 71.4. The Balaban J connectivity index is 0.000000302. The Kier molecular flexibility index (Phi) is 37.2. The van der Waals surface area contributed by atoms with Crippen molar-refractivity contribution in [2.45, 2.75) is 141 Å². The molecule has 9 N–H and O–H groups in total. The van der Waals surface area contributed by atoms with Crippen molar-refractivity contribution in [1.29, 1.82) is 0 Å². The topological polar surface area (TPSA) is 278 Å². The molecule has 2 aromatic heterocycles. The van der Waals surface area contributed by atoms with Gasteiger partial charge in [0.2, 0.25) is 0 Å². The number of nitrogens with one attached hydrogen (secondary N) is 6. The van der Waals surface area contributed by atoms with E-state index in [1.807, 2.05) is 112 Å². The Morgan fingerprint density at radius 2 is 1.00 bits per heavy atom.